The molecule has 0 spiro atoms. The summed E-state index contributed by atoms with van der Waals surface area (Å²) in [5, 5.41) is 11.9. The Balaban J connectivity index is 1.96. The van der Waals surface area contributed by atoms with E-state index < -0.39 is 57.1 Å². The van der Waals surface area contributed by atoms with E-state index in [1.54, 1.807) is 6.07 Å². The van der Waals surface area contributed by atoms with Crippen LogP contribution in [0.1, 0.15) is 37.5 Å². The first-order valence-electron chi connectivity index (χ1n) is 11.2. The third-order valence-corrected chi connectivity index (χ3v) is 6.35. The molecular formula is C27H17F8N3. The van der Waals surface area contributed by atoms with Crippen molar-refractivity contribution in [1.82, 2.24) is 15.4 Å². The first-order valence-corrected chi connectivity index (χ1v) is 11.2. The molecule has 0 saturated heterocycles. The highest BCUT2D eigenvalue weighted by Gasteiger charge is 2.47. The summed E-state index contributed by atoms with van der Waals surface area (Å²) in [6.45, 7) is 5.61. The number of alkyl halides is 6. The molecule has 0 unspecified atom stereocenters. The minimum Gasteiger partial charge on any atom is -0.205 e. The van der Waals surface area contributed by atoms with E-state index in [4.69, 9.17) is 0 Å². The van der Waals surface area contributed by atoms with E-state index in [9.17, 15) is 30.7 Å². The third-order valence-electron chi connectivity index (χ3n) is 6.35. The van der Waals surface area contributed by atoms with Crippen molar-refractivity contribution in [2.24, 2.45) is 0 Å². The van der Waals surface area contributed by atoms with Gasteiger partial charge in [0.15, 0.2) is 5.82 Å². The fourth-order valence-corrected chi connectivity index (χ4v) is 4.68. The van der Waals surface area contributed by atoms with Crippen molar-refractivity contribution in [2.45, 2.75) is 38.5 Å². The van der Waals surface area contributed by atoms with E-state index in [2.05, 4.69) is 15.4 Å². The van der Waals surface area contributed by atoms with Gasteiger partial charge >= 0.3 is 12.4 Å². The Morgan fingerprint density at radius 1 is 0.658 bits per heavy atom. The summed E-state index contributed by atoms with van der Waals surface area (Å²) >= 11 is 0. The fraction of sp³-hybridized carbons (Fsp3) is 0.222. The van der Waals surface area contributed by atoms with Gasteiger partial charge in [-0.15, -0.1) is 10.2 Å². The Labute approximate surface area is 210 Å². The lowest BCUT2D eigenvalue weighted by atomic mass is 9.81. The van der Waals surface area contributed by atoms with E-state index in [1.165, 1.54) is 12.1 Å². The quantitative estimate of drug-likeness (QED) is 0.159. The number of hydrogen-bond donors (Lipinski definition) is 0. The largest absolute Gasteiger partial charge is 0.422 e. The topological polar surface area (TPSA) is 38.7 Å². The van der Waals surface area contributed by atoms with Crippen molar-refractivity contribution in [2.75, 3.05) is 0 Å². The molecule has 1 aromatic heterocycles. The molecule has 0 fully saturated rings. The Morgan fingerprint density at radius 2 is 1.26 bits per heavy atom. The van der Waals surface area contributed by atoms with Crippen LogP contribution >= 0.6 is 0 Å². The van der Waals surface area contributed by atoms with Crippen molar-refractivity contribution >= 4 is 32.4 Å². The summed E-state index contributed by atoms with van der Waals surface area (Å²) in [4.78, 5) is 0. The lowest BCUT2D eigenvalue weighted by Crippen LogP contribution is -2.20. The highest BCUT2D eigenvalue weighted by Crippen LogP contribution is 2.46. The van der Waals surface area contributed by atoms with E-state index >= 15 is 4.39 Å². The van der Waals surface area contributed by atoms with Gasteiger partial charge in [-0.1, -0.05) is 45.0 Å². The molecule has 1 heterocycles. The molecule has 0 aliphatic heterocycles. The number of nitrogens with zero attached hydrogens (tertiary/aromatic N) is 3. The van der Waals surface area contributed by atoms with Crippen LogP contribution in [0, 0.1) is 11.6 Å². The molecule has 0 radical (unpaired) electrons. The molecular weight excluding hydrogens is 518 g/mol. The van der Waals surface area contributed by atoms with Crippen molar-refractivity contribution < 1.29 is 35.1 Å². The maximum absolute atomic E-state index is 15.4. The van der Waals surface area contributed by atoms with E-state index in [0.717, 1.165) is 16.2 Å². The molecule has 0 amide bonds. The Hall–Kier alpha value is -3.89. The number of benzene rings is 4. The zero-order chi connectivity index (χ0) is 27.8. The molecule has 0 atom stereocenters. The Morgan fingerprint density at radius 3 is 1.84 bits per heavy atom. The zero-order valence-corrected chi connectivity index (χ0v) is 20.0. The molecule has 4 aromatic carbocycles. The summed E-state index contributed by atoms with van der Waals surface area (Å²) in [6.07, 6.45) is -11.4. The van der Waals surface area contributed by atoms with Gasteiger partial charge < -0.3 is 0 Å². The van der Waals surface area contributed by atoms with E-state index in [0.29, 0.717) is 10.9 Å². The summed E-state index contributed by atoms with van der Waals surface area (Å²) in [5.41, 5.74) is -6.92. The Kier molecular flexibility index (Phi) is 5.63. The van der Waals surface area contributed by atoms with Gasteiger partial charge in [0.05, 0.1) is 5.39 Å². The van der Waals surface area contributed by atoms with Crippen LogP contribution in [0.3, 0.4) is 0 Å². The second-order valence-corrected chi connectivity index (χ2v) is 9.93. The van der Waals surface area contributed by atoms with Crippen LogP contribution in [0.5, 0.6) is 0 Å². The van der Waals surface area contributed by atoms with Crippen molar-refractivity contribution in [3.63, 3.8) is 0 Å². The van der Waals surface area contributed by atoms with Crippen LogP contribution in [0.25, 0.3) is 43.7 Å². The van der Waals surface area contributed by atoms with Crippen LogP contribution in [0.4, 0.5) is 35.1 Å². The average molecular weight is 535 g/mol. The molecule has 0 saturated carbocycles. The maximum atomic E-state index is 15.4. The molecule has 3 nitrogen and oxygen atoms in total. The predicted octanol–water partition coefficient (Wildman–Crippen LogP) is 8.61. The third kappa shape index (κ3) is 4.10. The highest BCUT2D eigenvalue weighted by molar-refractivity contribution is 6.03. The molecule has 0 bridgehead atoms. The number of rotatable bonds is 1. The summed E-state index contributed by atoms with van der Waals surface area (Å²) in [6, 6.07) is 14.1. The van der Waals surface area contributed by atoms with E-state index in [-0.39, 0.29) is 5.56 Å². The molecule has 5 aromatic rings. The van der Waals surface area contributed by atoms with Crippen molar-refractivity contribution in [1.29, 1.82) is 0 Å². The lowest BCUT2D eigenvalue weighted by Gasteiger charge is -2.23. The number of fused-ring (bicyclic) bond motifs is 3. The van der Waals surface area contributed by atoms with Gasteiger partial charge in [-0.25, -0.2) is 8.78 Å². The lowest BCUT2D eigenvalue weighted by molar-refractivity contribution is -0.148. The van der Waals surface area contributed by atoms with Crippen LogP contribution in [0.2, 0.25) is 0 Å². The standard InChI is InChI=1S/C27H17F8N3/c1-25(2,3)17-11-15(9-14-8-12-6-4-5-7-13(12)10-16(14)17)23-18-21(28)19(26(30,31)32)22(29)20(27(33,34)35)24(18)37-38-36-23/h4-11H,1-3H3. The van der Waals surface area contributed by atoms with Crippen LogP contribution in [-0.4, -0.2) is 15.4 Å². The molecule has 196 valence electrons. The monoisotopic (exact) mass is 535 g/mol. The smallest absolute Gasteiger partial charge is 0.205 e. The summed E-state index contributed by atoms with van der Waals surface area (Å²) in [7, 11) is 0. The minimum absolute atomic E-state index is 0.00404. The minimum atomic E-state index is -5.76. The molecule has 5 rings (SSSR count). The van der Waals surface area contributed by atoms with Gasteiger partial charge in [0.25, 0.3) is 0 Å². The highest BCUT2D eigenvalue weighted by atomic mass is 19.4. The van der Waals surface area contributed by atoms with Gasteiger partial charge in [0.1, 0.15) is 28.2 Å². The Bertz CT molecular complexity index is 1750. The number of aromatic nitrogens is 3. The first kappa shape index (κ1) is 25.7. The van der Waals surface area contributed by atoms with Crippen LogP contribution < -0.4 is 0 Å². The zero-order valence-electron chi connectivity index (χ0n) is 20.0. The average Bonchev–Trinajstić information content (AvgIpc) is 2.79. The molecule has 38 heavy (non-hydrogen) atoms. The normalized spacial score (nSPS) is 13.1. The van der Waals surface area contributed by atoms with Gasteiger partial charge in [-0.2, -0.15) is 26.3 Å². The second-order valence-electron chi connectivity index (χ2n) is 9.93. The van der Waals surface area contributed by atoms with E-state index in [1.807, 2.05) is 51.1 Å². The summed E-state index contributed by atoms with van der Waals surface area (Å²) in [5.74, 6) is -5.05. The molecule has 0 N–H and O–H groups in total. The number of halogens is 8. The van der Waals surface area contributed by atoms with Gasteiger partial charge in [-0.3, -0.25) is 0 Å². The maximum Gasteiger partial charge on any atom is 0.422 e. The summed E-state index contributed by atoms with van der Waals surface area (Å²) < 4.78 is 112. The van der Waals surface area contributed by atoms with Gasteiger partial charge in [-0.05, 0) is 62.0 Å². The van der Waals surface area contributed by atoms with Crippen LogP contribution in [0.15, 0.2) is 48.5 Å². The molecule has 0 aliphatic rings. The predicted molar refractivity (Wildman–Crippen MR) is 126 cm³/mol. The SMILES string of the molecule is CC(C)(C)c1cc(-c2nnnc3c(C(F)(F)F)c(F)c(C(F)(F)F)c(F)c23)cc2cc3ccccc3cc12. The molecule has 0 aliphatic carbocycles. The number of hydrogen-bond acceptors (Lipinski definition) is 3. The molecule has 11 heteroatoms. The van der Waals surface area contributed by atoms with Gasteiger partial charge in [0, 0.05) is 5.56 Å². The van der Waals surface area contributed by atoms with Crippen LogP contribution in [-0.2, 0) is 17.8 Å². The fourth-order valence-electron chi connectivity index (χ4n) is 4.68. The van der Waals surface area contributed by atoms with Crippen molar-refractivity contribution in [3.05, 3.63) is 76.9 Å². The second kappa shape index (κ2) is 8.31. The first-order chi connectivity index (χ1) is 17.6. The van der Waals surface area contributed by atoms with Crippen molar-refractivity contribution in [3.8, 4) is 11.3 Å². The van der Waals surface area contributed by atoms with Gasteiger partial charge in [0.2, 0.25) is 0 Å².